The van der Waals surface area contributed by atoms with Gasteiger partial charge in [-0.3, -0.25) is 4.68 Å². The minimum Gasteiger partial charge on any atom is -0.390 e. The summed E-state index contributed by atoms with van der Waals surface area (Å²) in [5.41, 5.74) is 5.20. The average Bonchev–Trinajstić information content (AvgIpc) is 3.23. The highest BCUT2D eigenvalue weighted by atomic mass is 32.2. The van der Waals surface area contributed by atoms with Crippen LogP contribution in [0.5, 0.6) is 0 Å². The zero-order valence-corrected chi connectivity index (χ0v) is 20.8. The number of pyridine rings is 1. The van der Waals surface area contributed by atoms with Gasteiger partial charge in [-0.15, -0.1) is 0 Å². The molecule has 0 amide bonds. The van der Waals surface area contributed by atoms with Gasteiger partial charge in [0.1, 0.15) is 5.82 Å². The molecule has 9 heteroatoms. The maximum absolute atomic E-state index is 13.3. The van der Waals surface area contributed by atoms with Crippen LogP contribution in [-0.2, 0) is 17.1 Å². The molecule has 1 aliphatic heterocycles. The predicted molar refractivity (Wildman–Crippen MR) is 137 cm³/mol. The number of piperidine rings is 1. The fraction of sp³-hybridized carbons (Fsp3) is 0.308. The Labute approximate surface area is 205 Å². The average molecular weight is 492 g/mol. The number of aliphatic hydroxyl groups excluding tert-OH is 1. The van der Waals surface area contributed by atoms with Gasteiger partial charge < -0.3 is 10.4 Å². The highest BCUT2D eigenvalue weighted by molar-refractivity contribution is 7.89. The van der Waals surface area contributed by atoms with Crippen molar-refractivity contribution in [2.24, 2.45) is 7.05 Å². The Morgan fingerprint density at radius 2 is 1.80 bits per heavy atom. The molecule has 4 aromatic rings. The number of anilines is 1. The van der Waals surface area contributed by atoms with E-state index in [0.717, 1.165) is 33.2 Å². The first-order chi connectivity index (χ1) is 16.7. The van der Waals surface area contributed by atoms with Gasteiger partial charge in [-0.05, 0) is 72.9 Å². The summed E-state index contributed by atoms with van der Waals surface area (Å²) in [5.74, 6) is 0.672. The predicted octanol–water partition coefficient (Wildman–Crippen LogP) is 3.49. The number of nitrogens with one attached hydrogen (secondary N) is 1. The number of aromatic nitrogens is 3. The summed E-state index contributed by atoms with van der Waals surface area (Å²) in [6.07, 6.45) is 3.24. The first-order valence-corrected chi connectivity index (χ1v) is 13.1. The van der Waals surface area contributed by atoms with Crippen molar-refractivity contribution < 1.29 is 13.5 Å². The van der Waals surface area contributed by atoms with Crippen LogP contribution < -0.4 is 5.32 Å². The van der Waals surface area contributed by atoms with Crippen molar-refractivity contribution in [3.05, 3.63) is 72.1 Å². The summed E-state index contributed by atoms with van der Waals surface area (Å²) in [6.45, 7) is 4.36. The minimum absolute atomic E-state index is 0.0322. The number of hydrogen-bond acceptors (Lipinski definition) is 6. The topological polar surface area (TPSA) is 100 Å². The zero-order chi connectivity index (χ0) is 24.7. The number of benzene rings is 2. The van der Waals surface area contributed by atoms with Crippen molar-refractivity contribution in [2.75, 3.05) is 18.4 Å². The fourth-order valence-corrected chi connectivity index (χ4v) is 6.19. The van der Waals surface area contributed by atoms with Gasteiger partial charge in [0.05, 0.1) is 28.8 Å². The summed E-state index contributed by atoms with van der Waals surface area (Å²) >= 11 is 0. The number of hydrogen-bond donors (Lipinski definition) is 2. The second-order valence-electron chi connectivity index (χ2n) is 9.21. The van der Waals surface area contributed by atoms with E-state index >= 15 is 0 Å². The lowest BCUT2D eigenvalue weighted by atomic mass is 10.0. The summed E-state index contributed by atoms with van der Waals surface area (Å²) < 4.78 is 29.8. The van der Waals surface area contributed by atoms with Crippen molar-refractivity contribution in [3.8, 4) is 11.1 Å². The van der Waals surface area contributed by atoms with E-state index in [4.69, 9.17) is 0 Å². The molecule has 1 saturated heterocycles. The van der Waals surface area contributed by atoms with Crippen molar-refractivity contribution >= 4 is 26.7 Å². The van der Waals surface area contributed by atoms with E-state index in [1.54, 1.807) is 18.3 Å². The molecule has 182 valence electrons. The molecule has 2 aromatic heterocycles. The van der Waals surface area contributed by atoms with E-state index in [-0.39, 0.29) is 17.5 Å². The van der Waals surface area contributed by atoms with Gasteiger partial charge >= 0.3 is 0 Å². The van der Waals surface area contributed by atoms with Crippen LogP contribution in [-0.4, -0.2) is 57.8 Å². The highest BCUT2D eigenvalue weighted by Gasteiger charge is 2.34. The quantitative estimate of drug-likeness (QED) is 0.443. The van der Waals surface area contributed by atoms with Gasteiger partial charge in [0.2, 0.25) is 10.0 Å². The molecule has 3 heterocycles. The number of aryl methyl sites for hydroxylation is 3. The van der Waals surface area contributed by atoms with Gasteiger partial charge in [-0.1, -0.05) is 18.2 Å². The van der Waals surface area contributed by atoms with E-state index in [1.165, 1.54) is 4.31 Å². The van der Waals surface area contributed by atoms with E-state index in [9.17, 15) is 13.5 Å². The van der Waals surface area contributed by atoms with E-state index in [1.807, 2.05) is 56.0 Å². The normalized spacial score (nSPS) is 19.2. The second kappa shape index (κ2) is 9.07. The molecule has 2 aromatic carbocycles. The Morgan fingerprint density at radius 1 is 1.03 bits per heavy atom. The number of sulfonamides is 1. The first-order valence-electron chi connectivity index (χ1n) is 11.6. The van der Waals surface area contributed by atoms with Crippen molar-refractivity contribution in [1.29, 1.82) is 0 Å². The molecule has 0 spiro atoms. The van der Waals surface area contributed by atoms with Crippen LogP contribution in [0.2, 0.25) is 0 Å². The molecular formula is C26H29N5O3S. The van der Waals surface area contributed by atoms with Crippen molar-refractivity contribution in [3.63, 3.8) is 0 Å². The van der Waals surface area contributed by atoms with Crippen molar-refractivity contribution in [2.45, 2.75) is 37.3 Å². The van der Waals surface area contributed by atoms with Crippen LogP contribution >= 0.6 is 0 Å². The molecule has 0 aliphatic carbocycles. The third-order valence-electron chi connectivity index (χ3n) is 6.64. The molecule has 2 atom stereocenters. The number of rotatable bonds is 5. The zero-order valence-electron chi connectivity index (χ0n) is 20.0. The monoisotopic (exact) mass is 491 g/mol. The standard InChI is InChI=1S/C26H29N5O3S/c1-17-4-9-25(27-14-17)29-23-10-11-31(16-24(23)32)35(33,34)22-7-5-19(6-8-22)20-12-18(2)26-21(13-20)15-28-30(26)3/h4-9,12-15,23-24,32H,10-11,16H2,1-3H3,(H,27,29)/t23-,24+/m1/s1. The molecule has 0 bridgehead atoms. The third kappa shape index (κ3) is 4.54. The molecular weight excluding hydrogens is 462 g/mol. The van der Waals surface area contributed by atoms with Crippen LogP contribution in [0.25, 0.3) is 22.0 Å². The fourth-order valence-electron chi connectivity index (χ4n) is 4.72. The van der Waals surface area contributed by atoms with E-state index in [2.05, 4.69) is 27.5 Å². The molecule has 2 N–H and O–H groups in total. The maximum atomic E-state index is 13.3. The minimum atomic E-state index is -3.72. The molecule has 1 fully saturated rings. The SMILES string of the molecule is Cc1ccc(N[C@@H]2CCN(S(=O)(=O)c3ccc(-c4cc(C)c5c(cnn5C)c4)cc3)C[C@@H]2O)nc1. The lowest BCUT2D eigenvalue weighted by molar-refractivity contribution is 0.0949. The van der Waals surface area contributed by atoms with Crippen LogP contribution in [0.4, 0.5) is 5.82 Å². The third-order valence-corrected chi connectivity index (χ3v) is 8.52. The van der Waals surface area contributed by atoms with Gasteiger partial charge in [-0.2, -0.15) is 9.40 Å². The number of β-amino-alcohol motifs (C(OH)–C–C–N with tert-alkyl or cyclic N) is 1. The second-order valence-corrected chi connectivity index (χ2v) is 11.2. The summed E-state index contributed by atoms with van der Waals surface area (Å²) in [6, 6.07) is 14.6. The molecule has 1 aliphatic rings. The molecule has 5 rings (SSSR count). The first kappa shape index (κ1) is 23.5. The summed E-state index contributed by atoms with van der Waals surface area (Å²) in [4.78, 5) is 4.54. The van der Waals surface area contributed by atoms with Crippen LogP contribution in [0.15, 0.2) is 65.8 Å². The highest BCUT2D eigenvalue weighted by Crippen LogP contribution is 2.29. The van der Waals surface area contributed by atoms with Crippen LogP contribution in [0, 0.1) is 13.8 Å². The Kier molecular flexibility index (Phi) is 6.08. The lowest BCUT2D eigenvalue weighted by Crippen LogP contribution is -2.51. The molecule has 8 nitrogen and oxygen atoms in total. The van der Waals surface area contributed by atoms with Gasteiger partial charge in [-0.25, -0.2) is 13.4 Å². The molecule has 0 unspecified atom stereocenters. The molecule has 35 heavy (non-hydrogen) atoms. The van der Waals surface area contributed by atoms with Gasteiger partial charge in [0, 0.05) is 31.7 Å². The number of nitrogens with zero attached hydrogens (tertiary/aromatic N) is 4. The number of fused-ring (bicyclic) bond motifs is 1. The Hall–Kier alpha value is -3.27. The van der Waals surface area contributed by atoms with Gasteiger partial charge in [0.25, 0.3) is 0 Å². The maximum Gasteiger partial charge on any atom is 0.243 e. The summed E-state index contributed by atoms with van der Waals surface area (Å²) in [5, 5.41) is 19.3. The smallest absolute Gasteiger partial charge is 0.243 e. The van der Waals surface area contributed by atoms with Gasteiger partial charge in [0.15, 0.2) is 0 Å². The van der Waals surface area contributed by atoms with Crippen LogP contribution in [0.3, 0.4) is 0 Å². The Morgan fingerprint density at radius 3 is 2.49 bits per heavy atom. The molecule has 0 saturated carbocycles. The summed E-state index contributed by atoms with van der Waals surface area (Å²) in [7, 11) is -1.80. The Balaban J connectivity index is 1.31. The van der Waals surface area contributed by atoms with E-state index < -0.39 is 16.1 Å². The Bertz CT molecular complexity index is 1460. The lowest BCUT2D eigenvalue weighted by Gasteiger charge is -2.35. The molecule has 0 radical (unpaired) electrons. The number of aliphatic hydroxyl groups is 1. The largest absolute Gasteiger partial charge is 0.390 e. The van der Waals surface area contributed by atoms with Crippen LogP contribution in [0.1, 0.15) is 17.5 Å². The van der Waals surface area contributed by atoms with E-state index in [0.29, 0.717) is 18.8 Å². The van der Waals surface area contributed by atoms with Crippen molar-refractivity contribution in [1.82, 2.24) is 19.1 Å².